The smallest absolute Gasteiger partial charge is 0.191 e. The maximum absolute atomic E-state index is 5.55. The van der Waals surface area contributed by atoms with Crippen LogP contribution in [0.3, 0.4) is 0 Å². The first-order chi connectivity index (χ1) is 14.7. The van der Waals surface area contributed by atoms with Crippen LogP contribution in [-0.2, 0) is 11.3 Å². The molecule has 1 aliphatic rings. The van der Waals surface area contributed by atoms with Gasteiger partial charge in [0, 0.05) is 38.1 Å². The normalized spacial score (nSPS) is 15.6. The lowest BCUT2D eigenvalue weighted by Gasteiger charge is -2.35. The van der Waals surface area contributed by atoms with Crippen molar-refractivity contribution in [2.75, 3.05) is 53.3 Å². The zero-order valence-electron chi connectivity index (χ0n) is 18.5. The summed E-state index contributed by atoms with van der Waals surface area (Å²) in [6, 6.07) is 17.2. The molecule has 0 aliphatic carbocycles. The Bertz CT molecular complexity index is 796. The van der Waals surface area contributed by atoms with Crippen molar-refractivity contribution >= 4 is 41.7 Å². The van der Waals surface area contributed by atoms with Gasteiger partial charge in [-0.2, -0.15) is 0 Å². The molecule has 0 amide bonds. The third-order valence-corrected chi connectivity index (χ3v) is 6.04. The van der Waals surface area contributed by atoms with Crippen molar-refractivity contribution in [1.29, 1.82) is 0 Å². The molecule has 0 radical (unpaired) electrons. The first-order valence-electron chi connectivity index (χ1n) is 10.3. The second-order valence-corrected chi connectivity index (χ2v) is 7.97. The quantitative estimate of drug-likeness (QED) is 0.224. The van der Waals surface area contributed by atoms with Crippen LogP contribution in [-0.4, -0.2) is 64.1 Å². The Morgan fingerprint density at radius 1 is 1.10 bits per heavy atom. The average molecular weight is 557 g/mol. The molecule has 0 bridgehead atoms. The van der Waals surface area contributed by atoms with E-state index < -0.39 is 0 Å². The highest BCUT2D eigenvalue weighted by atomic mass is 127. The van der Waals surface area contributed by atoms with E-state index in [1.807, 2.05) is 19.2 Å². The van der Waals surface area contributed by atoms with Crippen LogP contribution in [0.1, 0.15) is 17.2 Å². The Balaban J connectivity index is 0.00000341. The van der Waals surface area contributed by atoms with Gasteiger partial charge in [0.2, 0.25) is 0 Å². The molecular weight excluding hydrogens is 523 g/mol. The SMILES string of the molecule is CN=C(NCc1ccc(SC)cc1)NCC(c1ccc(OC)cc1)N1CCOCC1.I. The number of thioether (sulfide) groups is 1. The Labute approximate surface area is 207 Å². The lowest BCUT2D eigenvalue weighted by Crippen LogP contribution is -2.46. The first kappa shape index (κ1) is 25.8. The zero-order valence-corrected chi connectivity index (χ0v) is 21.6. The molecule has 3 rings (SSSR count). The topological polar surface area (TPSA) is 58.1 Å². The van der Waals surface area contributed by atoms with Crippen LogP contribution >= 0.6 is 35.7 Å². The predicted molar refractivity (Wildman–Crippen MR) is 140 cm³/mol. The van der Waals surface area contributed by atoms with Crippen molar-refractivity contribution in [3.8, 4) is 5.75 Å². The third-order valence-electron chi connectivity index (χ3n) is 5.29. The maximum Gasteiger partial charge on any atom is 0.191 e. The largest absolute Gasteiger partial charge is 0.497 e. The van der Waals surface area contributed by atoms with E-state index in [9.17, 15) is 0 Å². The van der Waals surface area contributed by atoms with Crippen molar-refractivity contribution in [3.63, 3.8) is 0 Å². The van der Waals surface area contributed by atoms with E-state index in [0.29, 0.717) is 0 Å². The molecule has 1 saturated heterocycles. The summed E-state index contributed by atoms with van der Waals surface area (Å²) in [6.45, 7) is 4.88. The van der Waals surface area contributed by atoms with Crippen molar-refractivity contribution in [1.82, 2.24) is 15.5 Å². The minimum atomic E-state index is 0. The third kappa shape index (κ3) is 7.85. The number of benzene rings is 2. The van der Waals surface area contributed by atoms with E-state index in [1.165, 1.54) is 16.0 Å². The molecule has 1 aliphatic heterocycles. The highest BCUT2D eigenvalue weighted by Gasteiger charge is 2.23. The second kappa shape index (κ2) is 13.8. The van der Waals surface area contributed by atoms with Gasteiger partial charge in [0.1, 0.15) is 5.75 Å². The number of guanidine groups is 1. The van der Waals surface area contributed by atoms with Crippen LogP contribution in [0, 0.1) is 0 Å². The van der Waals surface area contributed by atoms with Crippen molar-refractivity contribution in [3.05, 3.63) is 59.7 Å². The second-order valence-electron chi connectivity index (χ2n) is 7.09. The highest BCUT2D eigenvalue weighted by molar-refractivity contribution is 14.0. The summed E-state index contributed by atoms with van der Waals surface area (Å²) in [5, 5.41) is 6.93. The summed E-state index contributed by atoms with van der Waals surface area (Å²) in [4.78, 5) is 8.14. The standard InChI is InChI=1S/C23H32N4O2S.HI/c1-24-23(25-16-18-4-10-21(30-3)11-5-18)26-17-22(27-12-14-29-15-13-27)19-6-8-20(28-2)9-7-19;/h4-11,22H,12-17H2,1-3H3,(H2,24,25,26);1H. The fraction of sp³-hybridized carbons (Fsp3) is 0.435. The molecule has 1 unspecified atom stereocenters. The number of hydrogen-bond acceptors (Lipinski definition) is 5. The molecule has 0 spiro atoms. The van der Waals surface area contributed by atoms with Gasteiger partial charge in [0.15, 0.2) is 5.96 Å². The number of rotatable bonds is 8. The summed E-state index contributed by atoms with van der Waals surface area (Å²) >= 11 is 1.75. The summed E-state index contributed by atoms with van der Waals surface area (Å²) < 4.78 is 10.9. The van der Waals surface area contributed by atoms with Crippen LogP contribution in [0.25, 0.3) is 0 Å². The van der Waals surface area contributed by atoms with Gasteiger partial charge < -0.3 is 20.1 Å². The van der Waals surface area contributed by atoms with Crippen molar-refractivity contribution in [2.24, 2.45) is 4.99 Å². The molecule has 2 N–H and O–H groups in total. The van der Waals surface area contributed by atoms with E-state index in [1.54, 1.807) is 18.9 Å². The Hall–Kier alpha value is -1.49. The highest BCUT2D eigenvalue weighted by Crippen LogP contribution is 2.23. The van der Waals surface area contributed by atoms with Gasteiger partial charge in [-0.25, -0.2) is 0 Å². The molecule has 2 aromatic rings. The molecule has 31 heavy (non-hydrogen) atoms. The molecule has 6 nitrogen and oxygen atoms in total. The number of methoxy groups -OCH3 is 1. The lowest BCUT2D eigenvalue weighted by molar-refractivity contribution is 0.0170. The minimum absolute atomic E-state index is 0. The zero-order chi connectivity index (χ0) is 21.2. The molecule has 0 aromatic heterocycles. The van der Waals surface area contributed by atoms with Gasteiger partial charge in [-0.05, 0) is 41.6 Å². The van der Waals surface area contributed by atoms with Gasteiger partial charge in [-0.15, -0.1) is 35.7 Å². The average Bonchev–Trinajstić information content (AvgIpc) is 2.82. The van der Waals surface area contributed by atoms with Crippen molar-refractivity contribution < 1.29 is 9.47 Å². The van der Waals surface area contributed by atoms with Gasteiger partial charge in [0.05, 0.1) is 26.4 Å². The molecular formula is C23H33IN4O2S. The fourth-order valence-corrected chi connectivity index (χ4v) is 3.92. The van der Waals surface area contributed by atoms with Gasteiger partial charge in [-0.3, -0.25) is 9.89 Å². The number of nitrogens with one attached hydrogen (secondary N) is 2. The summed E-state index contributed by atoms with van der Waals surface area (Å²) in [5.41, 5.74) is 2.49. The molecule has 2 aromatic carbocycles. The predicted octanol–water partition coefficient (Wildman–Crippen LogP) is 3.77. The molecule has 170 valence electrons. The van der Waals surface area contributed by atoms with Gasteiger partial charge in [0.25, 0.3) is 0 Å². The Morgan fingerprint density at radius 2 is 1.77 bits per heavy atom. The van der Waals surface area contributed by atoms with Crippen LogP contribution in [0.2, 0.25) is 0 Å². The summed E-state index contributed by atoms with van der Waals surface area (Å²) in [6.07, 6.45) is 2.09. The number of halogens is 1. The Morgan fingerprint density at radius 3 is 2.35 bits per heavy atom. The number of morpholine rings is 1. The van der Waals surface area contributed by atoms with E-state index in [4.69, 9.17) is 9.47 Å². The number of nitrogens with zero attached hydrogens (tertiary/aromatic N) is 2. The van der Waals surface area contributed by atoms with E-state index >= 15 is 0 Å². The van der Waals surface area contributed by atoms with E-state index in [-0.39, 0.29) is 30.0 Å². The summed E-state index contributed by atoms with van der Waals surface area (Å²) in [7, 11) is 3.50. The first-order valence-corrected chi connectivity index (χ1v) is 11.5. The van der Waals surface area contributed by atoms with Crippen molar-refractivity contribution in [2.45, 2.75) is 17.5 Å². The molecule has 0 saturated carbocycles. The summed E-state index contributed by atoms with van der Waals surface area (Å²) in [5.74, 6) is 1.67. The maximum atomic E-state index is 5.55. The number of hydrogen-bond donors (Lipinski definition) is 2. The lowest BCUT2D eigenvalue weighted by atomic mass is 10.0. The molecule has 1 heterocycles. The number of ether oxygens (including phenoxy) is 2. The molecule has 8 heteroatoms. The monoisotopic (exact) mass is 556 g/mol. The van der Waals surface area contributed by atoms with E-state index in [2.05, 4.69) is 63.2 Å². The van der Waals surface area contributed by atoms with Crippen LogP contribution in [0.15, 0.2) is 58.4 Å². The molecule has 1 fully saturated rings. The fourth-order valence-electron chi connectivity index (χ4n) is 3.52. The van der Waals surface area contributed by atoms with Gasteiger partial charge in [-0.1, -0.05) is 24.3 Å². The van der Waals surface area contributed by atoms with Crippen LogP contribution < -0.4 is 15.4 Å². The molecule has 1 atom stereocenters. The van der Waals surface area contributed by atoms with Gasteiger partial charge >= 0.3 is 0 Å². The minimum Gasteiger partial charge on any atom is -0.497 e. The number of aliphatic imine (C=N–C) groups is 1. The Kier molecular flexibility index (Phi) is 11.5. The van der Waals surface area contributed by atoms with E-state index in [0.717, 1.165) is 51.1 Å². The van der Waals surface area contributed by atoms with Crippen LogP contribution in [0.4, 0.5) is 0 Å². The van der Waals surface area contributed by atoms with Crippen LogP contribution in [0.5, 0.6) is 5.75 Å².